The standard InChI is InChI=1S/C16H12N4O3S/c1-24(21,22)15-17-8-7-12(18-15)14-10-20-9-13(19-16(20)23-14)11-5-3-2-4-6-11/h2-10H,1H3. The quantitative estimate of drug-likeness (QED) is 0.532. The third-order valence-corrected chi connectivity index (χ3v) is 4.30. The summed E-state index contributed by atoms with van der Waals surface area (Å²) in [6, 6.07) is 11.3. The van der Waals surface area contributed by atoms with Crippen LogP contribution in [0.4, 0.5) is 0 Å². The molecule has 4 aromatic rings. The van der Waals surface area contributed by atoms with E-state index in [0.717, 1.165) is 17.5 Å². The number of nitrogens with zero attached hydrogens (tertiary/aromatic N) is 4. The lowest BCUT2D eigenvalue weighted by Gasteiger charge is -1.98. The second-order valence-electron chi connectivity index (χ2n) is 5.27. The van der Waals surface area contributed by atoms with E-state index in [4.69, 9.17) is 4.42 Å². The summed E-state index contributed by atoms with van der Waals surface area (Å²) in [7, 11) is -3.48. The van der Waals surface area contributed by atoms with Gasteiger partial charge in [-0.2, -0.15) is 4.98 Å². The van der Waals surface area contributed by atoms with Gasteiger partial charge in [-0.1, -0.05) is 30.3 Å². The van der Waals surface area contributed by atoms with Crippen molar-refractivity contribution in [2.45, 2.75) is 5.16 Å². The van der Waals surface area contributed by atoms with E-state index in [1.807, 2.05) is 36.5 Å². The smallest absolute Gasteiger partial charge is 0.306 e. The predicted molar refractivity (Wildman–Crippen MR) is 87.0 cm³/mol. The van der Waals surface area contributed by atoms with Crippen LogP contribution in [0, 0.1) is 0 Å². The van der Waals surface area contributed by atoms with E-state index in [9.17, 15) is 8.42 Å². The predicted octanol–water partition coefficient (Wildman–Crippen LogP) is 2.45. The summed E-state index contributed by atoms with van der Waals surface area (Å²) in [6.07, 6.45) is 6.01. The van der Waals surface area contributed by atoms with Crippen LogP contribution in [0.1, 0.15) is 0 Å². The molecule has 0 unspecified atom stereocenters. The van der Waals surface area contributed by atoms with Crippen LogP contribution in [-0.2, 0) is 9.84 Å². The molecule has 0 spiro atoms. The maximum absolute atomic E-state index is 11.6. The van der Waals surface area contributed by atoms with Crippen molar-refractivity contribution >= 4 is 15.7 Å². The Bertz CT molecular complexity index is 1100. The first-order valence-electron chi connectivity index (χ1n) is 7.08. The number of sulfone groups is 1. The minimum absolute atomic E-state index is 0.237. The Morgan fingerprint density at radius 2 is 1.79 bits per heavy atom. The third-order valence-electron chi connectivity index (χ3n) is 3.44. The van der Waals surface area contributed by atoms with Crippen LogP contribution in [0.15, 0.2) is 64.6 Å². The Labute approximate surface area is 137 Å². The fourth-order valence-corrected chi connectivity index (χ4v) is 2.84. The fourth-order valence-electron chi connectivity index (χ4n) is 2.32. The van der Waals surface area contributed by atoms with E-state index in [1.165, 1.54) is 6.20 Å². The molecule has 3 aromatic heterocycles. The van der Waals surface area contributed by atoms with Gasteiger partial charge in [0.2, 0.25) is 15.0 Å². The highest BCUT2D eigenvalue weighted by Crippen LogP contribution is 2.24. The van der Waals surface area contributed by atoms with Crippen molar-refractivity contribution in [2.75, 3.05) is 6.26 Å². The van der Waals surface area contributed by atoms with Crippen molar-refractivity contribution in [3.8, 4) is 22.7 Å². The van der Waals surface area contributed by atoms with Crippen molar-refractivity contribution in [3.05, 3.63) is 55.0 Å². The average molecular weight is 340 g/mol. The van der Waals surface area contributed by atoms with Crippen LogP contribution in [0.3, 0.4) is 0 Å². The lowest BCUT2D eigenvalue weighted by atomic mass is 10.2. The monoisotopic (exact) mass is 340 g/mol. The van der Waals surface area contributed by atoms with Crippen LogP contribution in [0.2, 0.25) is 0 Å². The number of imidazole rings is 1. The van der Waals surface area contributed by atoms with E-state index in [2.05, 4.69) is 15.0 Å². The van der Waals surface area contributed by atoms with E-state index < -0.39 is 9.84 Å². The number of hydrogen-bond donors (Lipinski definition) is 0. The van der Waals surface area contributed by atoms with Crippen LogP contribution in [0.5, 0.6) is 0 Å². The SMILES string of the molecule is CS(=O)(=O)c1nccc(-c2cn3cc(-c4ccccc4)nc3o2)n1. The number of rotatable bonds is 3. The Hall–Kier alpha value is -3.00. The molecular weight excluding hydrogens is 328 g/mol. The van der Waals surface area contributed by atoms with Gasteiger partial charge in [0.1, 0.15) is 5.69 Å². The van der Waals surface area contributed by atoms with Crippen molar-refractivity contribution in [3.63, 3.8) is 0 Å². The Balaban J connectivity index is 1.76. The highest BCUT2D eigenvalue weighted by molar-refractivity contribution is 7.90. The van der Waals surface area contributed by atoms with Gasteiger partial charge >= 0.3 is 5.84 Å². The molecule has 3 heterocycles. The molecule has 0 aliphatic carbocycles. The molecule has 1 aromatic carbocycles. The van der Waals surface area contributed by atoms with Crippen molar-refractivity contribution in [1.82, 2.24) is 19.4 Å². The van der Waals surface area contributed by atoms with Gasteiger partial charge in [0.05, 0.1) is 11.9 Å². The number of fused-ring (bicyclic) bond motifs is 1. The number of oxazole rings is 1. The fraction of sp³-hybridized carbons (Fsp3) is 0.0625. The molecular formula is C16H12N4O3S. The number of aromatic nitrogens is 4. The number of benzene rings is 1. The summed E-state index contributed by atoms with van der Waals surface area (Å²) in [5, 5.41) is -0.237. The molecule has 0 saturated heterocycles. The highest BCUT2D eigenvalue weighted by Gasteiger charge is 2.15. The van der Waals surface area contributed by atoms with Crippen LogP contribution in [0.25, 0.3) is 28.6 Å². The van der Waals surface area contributed by atoms with Crippen LogP contribution in [-0.4, -0.2) is 34.0 Å². The summed E-state index contributed by atoms with van der Waals surface area (Å²) in [5.74, 6) is 0.827. The van der Waals surface area contributed by atoms with Gasteiger partial charge < -0.3 is 4.42 Å². The second kappa shape index (κ2) is 5.27. The number of hydrogen-bond acceptors (Lipinski definition) is 6. The summed E-state index contributed by atoms with van der Waals surface area (Å²) in [6.45, 7) is 0. The van der Waals surface area contributed by atoms with Crippen LogP contribution >= 0.6 is 0 Å². The largest absolute Gasteiger partial charge is 0.421 e. The molecule has 4 rings (SSSR count). The van der Waals surface area contributed by atoms with E-state index in [-0.39, 0.29) is 5.16 Å². The molecule has 0 saturated carbocycles. The minimum atomic E-state index is -3.48. The maximum Gasteiger partial charge on any atom is 0.306 e. The Morgan fingerprint density at radius 3 is 2.50 bits per heavy atom. The van der Waals surface area contributed by atoms with E-state index >= 15 is 0 Å². The first-order chi connectivity index (χ1) is 11.5. The molecule has 0 aliphatic rings. The third kappa shape index (κ3) is 2.56. The van der Waals surface area contributed by atoms with E-state index in [0.29, 0.717) is 17.3 Å². The van der Waals surface area contributed by atoms with Gasteiger partial charge in [-0.05, 0) is 6.07 Å². The normalized spacial score (nSPS) is 11.9. The molecule has 0 fully saturated rings. The van der Waals surface area contributed by atoms with Gasteiger partial charge in [-0.25, -0.2) is 18.4 Å². The summed E-state index contributed by atoms with van der Waals surface area (Å²) in [5.41, 5.74) is 2.16. The maximum atomic E-state index is 11.6. The van der Waals surface area contributed by atoms with Gasteiger partial charge in [0, 0.05) is 24.2 Å². The molecule has 0 amide bonds. The lowest BCUT2D eigenvalue weighted by molar-refractivity contribution is 0.590. The first kappa shape index (κ1) is 14.6. The van der Waals surface area contributed by atoms with Crippen molar-refractivity contribution in [2.24, 2.45) is 0 Å². The zero-order valence-corrected chi connectivity index (χ0v) is 13.4. The van der Waals surface area contributed by atoms with Crippen molar-refractivity contribution < 1.29 is 12.8 Å². The van der Waals surface area contributed by atoms with Crippen molar-refractivity contribution in [1.29, 1.82) is 0 Å². The molecule has 0 aliphatic heterocycles. The van der Waals surface area contributed by atoms with E-state index in [1.54, 1.807) is 16.7 Å². The lowest BCUT2D eigenvalue weighted by Crippen LogP contribution is -2.03. The van der Waals surface area contributed by atoms with Gasteiger partial charge in [0.15, 0.2) is 5.76 Å². The van der Waals surface area contributed by atoms with Crippen LogP contribution < -0.4 is 0 Å². The van der Waals surface area contributed by atoms with Gasteiger partial charge in [-0.15, -0.1) is 0 Å². The molecule has 0 radical (unpaired) electrons. The molecule has 7 nitrogen and oxygen atoms in total. The molecule has 8 heteroatoms. The Morgan fingerprint density at radius 1 is 1.00 bits per heavy atom. The summed E-state index contributed by atoms with van der Waals surface area (Å²) < 4.78 is 30.6. The summed E-state index contributed by atoms with van der Waals surface area (Å²) >= 11 is 0. The van der Waals surface area contributed by atoms with Gasteiger partial charge in [0.25, 0.3) is 0 Å². The highest BCUT2D eigenvalue weighted by atomic mass is 32.2. The average Bonchev–Trinajstić information content (AvgIpc) is 3.14. The molecule has 0 atom stereocenters. The Kier molecular flexibility index (Phi) is 3.20. The minimum Gasteiger partial charge on any atom is -0.421 e. The second-order valence-corrected chi connectivity index (χ2v) is 7.18. The molecule has 0 bridgehead atoms. The molecule has 0 N–H and O–H groups in total. The molecule has 24 heavy (non-hydrogen) atoms. The first-order valence-corrected chi connectivity index (χ1v) is 8.97. The zero-order valence-electron chi connectivity index (χ0n) is 12.6. The zero-order chi connectivity index (χ0) is 16.7. The summed E-state index contributed by atoms with van der Waals surface area (Å²) in [4.78, 5) is 12.2. The van der Waals surface area contributed by atoms with Gasteiger partial charge in [-0.3, -0.25) is 4.40 Å². The molecule has 120 valence electrons. The topological polar surface area (TPSA) is 90.4 Å².